The first-order valence-electron chi connectivity index (χ1n) is 43.5. The van der Waals surface area contributed by atoms with E-state index in [0.29, 0.717) is 112 Å². The molecule has 2 unspecified atom stereocenters. The highest BCUT2D eigenvalue weighted by atomic mass is 79.9. The lowest BCUT2D eigenvalue weighted by Gasteiger charge is -2.17. The molecule has 5 atom stereocenters. The molecular weight excluding hydrogens is 2290 g/mol. The second kappa shape index (κ2) is 65.5. The number of nitrogens with one attached hydrogen (secondary N) is 6. The molecule has 0 aliphatic carbocycles. The summed E-state index contributed by atoms with van der Waals surface area (Å²) in [5.41, 5.74) is 18.4. The minimum atomic E-state index is -1.01. The fourth-order valence-corrected chi connectivity index (χ4v) is 13.9. The van der Waals surface area contributed by atoms with Gasteiger partial charge in [-0.05, 0) is 246 Å². The van der Waals surface area contributed by atoms with Gasteiger partial charge in [-0.3, -0.25) is 66.8 Å². The SMILES string of the molecule is C.C.C.C.C.CC(=O)c1nn(CC(=O)O)c2ccc(-c3cnc(C)nc3)cc12.CCC(C)C(=O)Nc1cccc(Br)n1.CCC(N)C(=O)Nc1cccc(Br)n1.CC[C@@H](NC(=O)Cn1nc(C(C)=O)c2cc(-c3cnc(C)nc3)ccc21)C(=O)Nc1cccc(Br)n1.CC[C@H](C)C(=O)O.CC[C@H](NC(=O)Cn1nc(C(C)=O)c2cc(-c3cnc(C)nc3)ccc21)C(=O)Nc1cccc(Br)n1.Nc1cccc(Br)n1.S=S=S=S. The summed E-state index contributed by atoms with van der Waals surface area (Å²) in [7, 11) is 2.34. The molecule has 11 heterocycles. The maximum atomic E-state index is 12.9. The van der Waals surface area contributed by atoms with Crippen LogP contribution in [0.2, 0.25) is 0 Å². The first-order valence-corrected chi connectivity index (χ1v) is 51.5. The third-order valence-electron chi connectivity index (χ3n) is 20.1. The Morgan fingerprint density at radius 3 is 0.884 bits per heavy atom. The van der Waals surface area contributed by atoms with Crippen molar-refractivity contribution in [3.63, 3.8) is 0 Å². The van der Waals surface area contributed by atoms with Gasteiger partial charge in [0.25, 0.3) is 0 Å². The Bertz CT molecular complexity index is 6590. The van der Waals surface area contributed by atoms with Crippen molar-refractivity contribution in [3.05, 3.63) is 240 Å². The van der Waals surface area contributed by atoms with E-state index in [0.717, 1.165) is 55.4 Å². The maximum absolute atomic E-state index is 12.9. The lowest BCUT2D eigenvalue weighted by Crippen LogP contribution is -2.44. The van der Waals surface area contributed by atoms with Gasteiger partial charge in [-0.2, -0.15) is 15.3 Å². The quantitative estimate of drug-likeness (QED) is 0.0161. The number of pyridine rings is 5. The van der Waals surface area contributed by atoms with Crippen LogP contribution < -0.4 is 43.4 Å². The molecule has 14 rings (SSSR count). The van der Waals surface area contributed by atoms with Gasteiger partial charge in [0.1, 0.15) is 118 Å². The number of fused-ring (bicyclic) bond motifs is 3. The van der Waals surface area contributed by atoms with Gasteiger partial charge in [0.15, 0.2) is 17.3 Å². The predicted octanol–water partition coefficient (Wildman–Crippen LogP) is 19.5. The summed E-state index contributed by atoms with van der Waals surface area (Å²) in [4.78, 5) is 177. The molecule has 0 spiro atoms. The van der Waals surface area contributed by atoms with Crippen molar-refractivity contribution in [2.45, 2.75) is 197 Å². The number of hydrogen-bond acceptors (Lipinski definition) is 29. The molecule has 11 aromatic heterocycles. The van der Waals surface area contributed by atoms with Crippen LogP contribution in [-0.4, -0.2) is 177 Å². The number of aliphatic carboxylic acids is 2. The highest BCUT2D eigenvalue weighted by Gasteiger charge is 2.26. The number of halogens is 5. The number of carboxylic acid groups (broad SMARTS) is 2. The van der Waals surface area contributed by atoms with Crippen LogP contribution in [0.1, 0.15) is 187 Å². The van der Waals surface area contributed by atoms with E-state index in [1.807, 2.05) is 88.4 Å². The molecule has 0 bridgehead atoms. The maximum Gasteiger partial charge on any atom is 0.325 e. The van der Waals surface area contributed by atoms with E-state index in [9.17, 15) is 52.7 Å². The van der Waals surface area contributed by atoms with Crippen LogP contribution in [-0.2, 0) is 98.1 Å². The highest BCUT2D eigenvalue weighted by Crippen LogP contribution is 2.31. The molecule has 0 aliphatic rings. The number of aromatic nitrogens is 17. The number of carboxylic acids is 2. The van der Waals surface area contributed by atoms with E-state index in [1.165, 1.54) is 52.6 Å². The zero-order valence-electron chi connectivity index (χ0n) is 79.0. The molecule has 12 N–H and O–H groups in total. The predicted molar refractivity (Wildman–Crippen MR) is 605 cm³/mol. The number of amides is 6. The zero-order chi connectivity index (χ0) is 105. The molecular formula is C100H122Br5N25O13S4. The number of ketones is 3. The van der Waals surface area contributed by atoms with Gasteiger partial charge in [-0.15, -0.1) is 0 Å². The number of nitrogen functional groups attached to an aromatic ring is 1. The molecule has 0 aliphatic heterocycles. The van der Waals surface area contributed by atoms with E-state index in [4.69, 9.17) is 21.7 Å². The number of aryl methyl sites for hydroxylation is 3. The van der Waals surface area contributed by atoms with Crippen LogP contribution >= 0.6 is 79.6 Å². The first kappa shape index (κ1) is 130. The van der Waals surface area contributed by atoms with Gasteiger partial charge >= 0.3 is 11.9 Å². The molecule has 0 saturated heterocycles. The number of carbonyl (C=O) groups is 11. The lowest BCUT2D eigenvalue weighted by atomic mass is 10.0. The van der Waals surface area contributed by atoms with Crippen LogP contribution in [0.15, 0.2) is 206 Å². The Hall–Kier alpha value is -13.1. The fraction of sp³-hybridized carbons (Fsp3) is 0.310. The Morgan fingerprint density at radius 2 is 0.653 bits per heavy atom. The Morgan fingerprint density at radius 1 is 0.374 bits per heavy atom. The fourth-order valence-electron chi connectivity index (χ4n) is 12.2. The largest absolute Gasteiger partial charge is 0.481 e. The lowest BCUT2D eigenvalue weighted by molar-refractivity contribution is -0.141. The number of benzene rings is 3. The molecule has 0 fully saturated rings. The molecule has 0 radical (unpaired) electrons. The number of nitrogens with two attached hydrogens (primary N) is 2. The summed E-state index contributed by atoms with van der Waals surface area (Å²) in [6.45, 7) is 22.0. The molecule has 147 heavy (non-hydrogen) atoms. The Balaban J connectivity index is 0.000000610. The van der Waals surface area contributed by atoms with Gasteiger partial charge in [-0.25, -0.2) is 54.8 Å². The van der Waals surface area contributed by atoms with E-state index in [1.54, 1.807) is 164 Å². The number of nitrogens with zero attached hydrogens (tertiary/aromatic N) is 17. The number of hydrogen-bond donors (Lipinski definition) is 10. The van der Waals surface area contributed by atoms with Crippen molar-refractivity contribution < 1.29 is 63.0 Å². The smallest absolute Gasteiger partial charge is 0.325 e. The standard InChI is InChI=1S/2C25H24BrN7O3.C16H14N4O3.C10H13BrN2O.C9H12BrN3O.C5H5BrN2.C5H10O2.5CH4.S4/c2*1-4-19(25(36)31-22-7-5-6-21(26)30-22)29-23(35)13-33-20-9-8-16(17-11-27-15(3)28-12-17)10-18(20)24(32-33)14(2)34;1-9(21)16-13-5-11(12-6-17-10(2)18-7-12)3-4-14(13)20(19-16)8-15(22)23;1-3-7(2)10(14)13-9-6-4-5-8(11)12-9;1-2-6(11)9(14)13-8-5-3-4-7(10)12-8;6-4-2-1-3-5(7)8-4;1-3-4(2)5(6)7;;;;;;1-3-4-2/h2*5-12,19H,4,13H2,1-3H3,(H,29,35)(H,30,31,36);3-7H,8H2,1-2H3,(H,22,23);4-7H,3H2,1-2H3,(H,12,13,14);3-6H,2,11H2,1H3,(H,12,13,14);1-3H,(H2,7,8);4H,3H2,1-2H3,(H,6,7);5*1H4;/t2*19-;;;;;4-;;;;;;/m10....0....../s1. The zero-order valence-corrected chi connectivity index (χ0v) is 90.2. The van der Waals surface area contributed by atoms with Gasteiger partial charge in [-0.1, -0.05) is 134 Å². The third-order valence-corrected chi connectivity index (χ3v) is 24.5. The van der Waals surface area contributed by atoms with E-state index in [2.05, 4.69) is 204 Å². The average Bonchev–Trinajstić information content (AvgIpc) is 1.64. The van der Waals surface area contributed by atoms with Crippen molar-refractivity contribution in [2.75, 3.05) is 27.0 Å². The number of Topliss-reactive ketones (excluding diaryl/α,β-unsaturated/α-hetero) is 3. The van der Waals surface area contributed by atoms with Crippen molar-refractivity contribution in [2.24, 2.45) is 17.6 Å². The summed E-state index contributed by atoms with van der Waals surface area (Å²) >= 11 is 24.8. The summed E-state index contributed by atoms with van der Waals surface area (Å²) < 4.78 is 7.61. The topological polar surface area (TPSA) is 548 Å². The molecule has 0 saturated carbocycles. The Kier molecular flexibility index (Phi) is 57.9. The summed E-state index contributed by atoms with van der Waals surface area (Å²) in [6, 6.07) is 40.9. The van der Waals surface area contributed by atoms with Crippen molar-refractivity contribution in [1.82, 2.24) is 94.8 Å². The van der Waals surface area contributed by atoms with Crippen LogP contribution in [0.4, 0.5) is 29.1 Å². The second-order valence-electron chi connectivity index (χ2n) is 30.7. The van der Waals surface area contributed by atoms with Gasteiger partial charge in [0.05, 0.1) is 28.5 Å². The molecule has 14 aromatic rings. The highest BCUT2D eigenvalue weighted by molar-refractivity contribution is 9.11. The molecule has 6 amide bonds. The van der Waals surface area contributed by atoms with E-state index >= 15 is 0 Å². The third kappa shape index (κ3) is 42.0. The molecule has 784 valence electrons. The van der Waals surface area contributed by atoms with Crippen molar-refractivity contribution >= 4 is 246 Å². The Labute approximate surface area is 911 Å². The summed E-state index contributed by atoms with van der Waals surface area (Å²) in [5.74, 6) is 0.0915. The van der Waals surface area contributed by atoms with Crippen LogP contribution in [0.25, 0.3) is 66.1 Å². The molecule has 38 nitrogen and oxygen atoms in total. The summed E-state index contributed by atoms with van der Waals surface area (Å²) in [6.07, 6.45) is 13.2. The molecule has 47 heteroatoms. The van der Waals surface area contributed by atoms with Gasteiger partial charge < -0.3 is 53.6 Å². The number of rotatable bonds is 28. The normalized spacial score (nSPS) is 11.1. The number of carbonyl (C=O) groups excluding carboxylic acids is 9. The van der Waals surface area contributed by atoms with Gasteiger partial charge in [0.2, 0.25) is 35.4 Å². The summed E-state index contributed by atoms with van der Waals surface area (Å²) in [5, 5.41) is 48.2. The second-order valence-corrected chi connectivity index (χ2v) is 38.3. The number of anilines is 5. The van der Waals surface area contributed by atoms with E-state index < -0.39 is 41.9 Å². The average molecular weight is 2410 g/mol. The van der Waals surface area contributed by atoms with Crippen molar-refractivity contribution in [3.8, 4) is 33.4 Å². The molecule has 3 aromatic carbocycles. The van der Waals surface area contributed by atoms with Crippen LogP contribution in [0.5, 0.6) is 0 Å². The monoisotopic (exact) mass is 2400 g/mol. The van der Waals surface area contributed by atoms with E-state index in [-0.39, 0.29) is 127 Å². The minimum absolute atomic E-state index is 0. The van der Waals surface area contributed by atoms with Gasteiger partial charge in [0, 0.05) is 137 Å². The van der Waals surface area contributed by atoms with Crippen LogP contribution in [0, 0.1) is 32.6 Å². The minimum Gasteiger partial charge on any atom is -0.481 e. The van der Waals surface area contributed by atoms with Crippen LogP contribution in [0.3, 0.4) is 0 Å². The van der Waals surface area contributed by atoms with Crippen molar-refractivity contribution in [1.29, 1.82) is 0 Å². The first-order chi connectivity index (χ1) is 67.6.